The first kappa shape index (κ1) is 22.5. The molecule has 0 saturated carbocycles. The molecule has 0 saturated heterocycles. The molecule has 0 aliphatic rings. The first-order valence-corrected chi connectivity index (χ1v) is 7.85. The molecule has 0 aliphatic heterocycles. The van der Waals surface area contributed by atoms with Gasteiger partial charge in [-0.2, -0.15) is 0 Å². The fourth-order valence-corrected chi connectivity index (χ4v) is 2.09. The van der Waals surface area contributed by atoms with Gasteiger partial charge in [0.2, 0.25) is 0 Å². The Labute approximate surface area is 166 Å². The summed E-state index contributed by atoms with van der Waals surface area (Å²) in [5.74, 6) is 1.09. The van der Waals surface area contributed by atoms with E-state index in [4.69, 9.17) is 19.7 Å². The van der Waals surface area contributed by atoms with E-state index in [9.17, 15) is 8.78 Å². The van der Waals surface area contributed by atoms with E-state index in [1.165, 1.54) is 0 Å². The van der Waals surface area contributed by atoms with Crippen LogP contribution < -0.4 is 9.47 Å². The van der Waals surface area contributed by atoms with Crippen molar-refractivity contribution in [2.75, 3.05) is 13.2 Å². The zero-order valence-electron chi connectivity index (χ0n) is 14.1. The van der Waals surface area contributed by atoms with Crippen molar-refractivity contribution in [2.24, 2.45) is 0 Å². The van der Waals surface area contributed by atoms with Crippen molar-refractivity contribution in [3.05, 3.63) is 66.6 Å². The average Bonchev–Trinajstić information content (AvgIpc) is 2.60. The van der Waals surface area contributed by atoms with Gasteiger partial charge in [-0.25, -0.2) is 8.78 Å². The summed E-state index contributed by atoms with van der Waals surface area (Å²) < 4.78 is 34.9. The second-order valence-electron chi connectivity index (χ2n) is 5.64. The number of halogens is 2. The van der Waals surface area contributed by atoms with Gasteiger partial charge in [-0.05, 0) is 47.9 Å². The third-order valence-electron chi connectivity index (χ3n) is 3.41. The van der Waals surface area contributed by atoms with Crippen LogP contribution in [-0.2, 0) is 27.5 Å². The fraction of sp³-hybridized carbons (Fsp3) is 0.316. The van der Waals surface area contributed by atoms with Crippen molar-refractivity contribution >= 4 is 0 Å². The van der Waals surface area contributed by atoms with Crippen molar-refractivity contribution in [1.29, 1.82) is 0 Å². The van der Waals surface area contributed by atoms with E-state index in [1.807, 2.05) is 36.4 Å². The van der Waals surface area contributed by atoms with Gasteiger partial charge in [0.25, 0.3) is 6.43 Å². The number of aliphatic hydroxyl groups excluding tert-OH is 2. The first-order valence-electron chi connectivity index (χ1n) is 7.85. The minimum atomic E-state index is -2.82. The Bertz CT molecular complexity index is 633. The summed E-state index contributed by atoms with van der Waals surface area (Å²) in [7, 11) is 0. The van der Waals surface area contributed by atoms with Gasteiger partial charge < -0.3 is 26.6 Å². The zero-order valence-corrected chi connectivity index (χ0v) is 17.0. The summed E-state index contributed by atoms with van der Waals surface area (Å²) >= 11 is 0. The Kier molecular flexibility index (Phi) is 9.77. The Morgan fingerprint density at radius 1 is 0.808 bits per heavy atom. The molecule has 0 spiro atoms. The molecule has 0 fully saturated rings. The molecule has 142 valence electrons. The van der Waals surface area contributed by atoms with Crippen LogP contribution in [-0.4, -0.2) is 42.1 Å². The maximum Gasteiger partial charge on any atom is 0.267 e. The topological polar surface area (TPSA) is 58.9 Å². The normalized spacial score (nSPS) is 13.0. The summed E-state index contributed by atoms with van der Waals surface area (Å²) in [5, 5.41) is 18.1. The maximum atomic E-state index is 12.2. The van der Waals surface area contributed by atoms with E-state index in [2.05, 4.69) is 6.92 Å². The van der Waals surface area contributed by atoms with Gasteiger partial charge >= 0.3 is 0 Å². The quantitative estimate of drug-likeness (QED) is 0.486. The van der Waals surface area contributed by atoms with Crippen molar-refractivity contribution < 1.29 is 49.5 Å². The van der Waals surface area contributed by atoms with Crippen molar-refractivity contribution in [3.63, 3.8) is 0 Å². The van der Waals surface area contributed by atoms with Gasteiger partial charge in [-0.3, -0.25) is 0 Å². The van der Waals surface area contributed by atoms with Crippen molar-refractivity contribution in [2.45, 2.75) is 25.1 Å². The second-order valence-corrected chi connectivity index (χ2v) is 5.64. The predicted octanol–water partition coefficient (Wildman–Crippen LogP) is 2.85. The minimum Gasteiger partial charge on any atom is -0.494 e. The minimum absolute atomic E-state index is 0. The zero-order chi connectivity index (χ0) is 18.2. The summed E-state index contributed by atoms with van der Waals surface area (Å²) in [5.41, 5.74) is 2.10. The molecule has 4 nitrogen and oxygen atoms in total. The van der Waals surface area contributed by atoms with E-state index in [0.717, 1.165) is 11.1 Å². The Morgan fingerprint density at radius 3 is 1.62 bits per heavy atom. The molecule has 0 aromatic heterocycles. The molecule has 0 bridgehead atoms. The van der Waals surface area contributed by atoms with Crippen molar-refractivity contribution in [1.82, 2.24) is 0 Å². The SMILES string of the molecule is [CH2-]C(O)COc1ccc(Cc2ccc(OCC(O)C(F)F)cc2)cc1.[W]. The smallest absolute Gasteiger partial charge is 0.267 e. The molecule has 2 N–H and O–H groups in total. The Hall–Kier alpha value is -1.49. The molecule has 2 aromatic rings. The van der Waals surface area contributed by atoms with E-state index >= 15 is 0 Å². The Morgan fingerprint density at radius 2 is 1.23 bits per heavy atom. The summed E-state index contributed by atoms with van der Waals surface area (Å²) in [6, 6.07) is 14.5. The molecule has 7 heteroatoms. The average molecular weight is 535 g/mol. The predicted molar refractivity (Wildman–Crippen MR) is 90.1 cm³/mol. The standard InChI is InChI=1S/C19H21F2O4.W/c1-13(22)11-24-16-6-2-14(3-7-16)10-15-4-8-17(9-5-15)25-12-18(23)19(20)21;/h2-9,13,18-19,22-23H,1,10-12H2;/q-1;. The molecule has 0 heterocycles. The number of rotatable bonds is 9. The van der Waals surface area contributed by atoms with Crippen LogP contribution in [0.5, 0.6) is 11.5 Å². The fourth-order valence-electron chi connectivity index (χ4n) is 2.09. The molecule has 26 heavy (non-hydrogen) atoms. The van der Waals surface area contributed by atoms with Crippen LogP contribution in [0.2, 0.25) is 0 Å². The van der Waals surface area contributed by atoms with Crippen LogP contribution >= 0.6 is 0 Å². The summed E-state index contributed by atoms with van der Waals surface area (Å²) in [4.78, 5) is 0. The van der Waals surface area contributed by atoms with Gasteiger partial charge in [-0.1, -0.05) is 24.3 Å². The van der Waals surface area contributed by atoms with Gasteiger partial charge in [-0.15, -0.1) is 0 Å². The maximum absolute atomic E-state index is 12.2. The summed E-state index contributed by atoms with van der Waals surface area (Å²) in [6.07, 6.45) is -4.67. The van der Waals surface area contributed by atoms with Gasteiger partial charge in [0.05, 0.1) is 6.61 Å². The number of benzene rings is 2. The Balaban J connectivity index is 0.00000338. The molecule has 2 atom stereocenters. The van der Waals surface area contributed by atoms with Gasteiger partial charge in [0.15, 0.2) is 0 Å². The third-order valence-corrected chi connectivity index (χ3v) is 3.41. The molecule has 0 aliphatic carbocycles. The molecular weight excluding hydrogens is 514 g/mol. The summed E-state index contributed by atoms with van der Waals surface area (Å²) in [6.45, 7) is 3.13. The van der Waals surface area contributed by atoms with E-state index in [1.54, 1.807) is 12.1 Å². The van der Waals surface area contributed by atoms with Gasteiger partial charge in [0.1, 0.15) is 24.2 Å². The van der Waals surface area contributed by atoms with Crippen LogP contribution in [0.1, 0.15) is 11.1 Å². The van der Waals surface area contributed by atoms with E-state index in [-0.39, 0.29) is 27.7 Å². The molecule has 2 rings (SSSR count). The monoisotopic (exact) mass is 535 g/mol. The number of ether oxygens (including phenoxy) is 2. The van der Waals surface area contributed by atoms with Crippen LogP contribution in [0.4, 0.5) is 8.78 Å². The molecule has 2 aromatic carbocycles. The van der Waals surface area contributed by atoms with Crippen LogP contribution in [0.25, 0.3) is 0 Å². The molecular formula is C19H21F2O4W-. The van der Waals surface area contributed by atoms with Crippen molar-refractivity contribution in [3.8, 4) is 11.5 Å². The van der Waals surface area contributed by atoms with Crippen LogP contribution in [0.15, 0.2) is 48.5 Å². The van der Waals surface area contributed by atoms with Crippen LogP contribution in [0.3, 0.4) is 0 Å². The van der Waals surface area contributed by atoms with Gasteiger partial charge in [0, 0.05) is 21.1 Å². The molecule has 2 unspecified atom stereocenters. The third kappa shape index (κ3) is 7.81. The number of aliphatic hydroxyl groups is 2. The largest absolute Gasteiger partial charge is 0.494 e. The second kappa shape index (κ2) is 11.3. The molecule has 0 amide bonds. The molecule has 0 radical (unpaired) electrons. The first-order chi connectivity index (χ1) is 11.9. The number of hydrogen-bond donors (Lipinski definition) is 2. The van der Waals surface area contributed by atoms with E-state index in [0.29, 0.717) is 17.9 Å². The van der Waals surface area contributed by atoms with E-state index < -0.39 is 25.2 Å². The number of hydrogen-bond acceptors (Lipinski definition) is 4. The number of alkyl halides is 2. The van der Waals surface area contributed by atoms with Crippen LogP contribution in [0, 0.1) is 6.92 Å².